The molecule has 1 aliphatic carbocycles. The third-order valence-corrected chi connectivity index (χ3v) is 13.7. The topological polar surface area (TPSA) is 183 Å². The van der Waals surface area contributed by atoms with Gasteiger partial charge in [0.15, 0.2) is 0 Å². The van der Waals surface area contributed by atoms with Crippen LogP contribution in [0.5, 0.6) is 0 Å². The van der Waals surface area contributed by atoms with Crippen molar-refractivity contribution in [2.75, 3.05) is 39.5 Å². The van der Waals surface area contributed by atoms with Crippen molar-refractivity contribution in [1.29, 1.82) is 0 Å². The number of rotatable bonds is 16. The van der Waals surface area contributed by atoms with E-state index >= 15 is 0 Å². The first-order valence-corrected chi connectivity index (χ1v) is 21.2. The molecule has 4 N–H and O–H groups in total. The van der Waals surface area contributed by atoms with E-state index in [0.717, 1.165) is 37.9 Å². The zero-order valence-corrected chi connectivity index (χ0v) is 34.5. The summed E-state index contributed by atoms with van der Waals surface area (Å²) in [4.78, 5) is 97.1. The predicted molar refractivity (Wildman–Crippen MR) is 213 cm³/mol. The maximum atomic E-state index is 14.6. The molecule has 2 heterocycles. The van der Waals surface area contributed by atoms with Crippen LogP contribution in [-0.2, 0) is 33.5 Å². The van der Waals surface area contributed by atoms with E-state index in [0.29, 0.717) is 23.7 Å². The van der Waals surface area contributed by atoms with Crippen LogP contribution in [0.1, 0.15) is 90.7 Å². The molecule has 0 aromatic heterocycles. The van der Waals surface area contributed by atoms with Crippen LogP contribution in [0.25, 0.3) is 0 Å². The molecule has 0 radical (unpaired) electrons. The number of ketones is 1. The molecule has 1 spiro atoms. The number of alkyl carbamates (subject to hydrolysis) is 1. The highest BCUT2D eigenvalue weighted by Gasteiger charge is 2.54. The molecule has 1 saturated carbocycles. The molecular formula is C39H58N6O8S2. The number of hydrogen-bond donors (Lipinski definition) is 4. The van der Waals surface area contributed by atoms with Gasteiger partial charge >= 0.3 is 6.09 Å². The van der Waals surface area contributed by atoms with Gasteiger partial charge in [0, 0.05) is 38.1 Å². The number of ether oxygens (including phenoxy) is 1. The third kappa shape index (κ3) is 12.1. The Morgan fingerprint density at radius 2 is 1.67 bits per heavy atom. The first-order chi connectivity index (χ1) is 26.1. The van der Waals surface area contributed by atoms with Crippen molar-refractivity contribution < 1.29 is 38.3 Å². The van der Waals surface area contributed by atoms with Crippen molar-refractivity contribution in [1.82, 2.24) is 31.1 Å². The minimum absolute atomic E-state index is 0.114. The first kappa shape index (κ1) is 43.9. The molecule has 2 saturated heterocycles. The minimum atomic E-state index is -1.21. The zero-order chi connectivity index (χ0) is 40.3. The normalized spacial score (nSPS) is 22.7. The van der Waals surface area contributed by atoms with Crippen LogP contribution in [0.2, 0.25) is 0 Å². The molecule has 16 heteroatoms. The smallest absolute Gasteiger partial charge is 0.407 e. The molecular weight excluding hydrogens is 745 g/mol. The minimum Gasteiger partial charge on any atom is -0.449 e. The Balaban J connectivity index is 1.47. The van der Waals surface area contributed by atoms with Crippen LogP contribution in [0, 0.1) is 11.8 Å². The molecule has 2 aliphatic heterocycles. The third-order valence-electron chi connectivity index (χ3n) is 10.1. The van der Waals surface area contributed by atoms with Crippen molar-refractivity contribution in [3.05, 3.63) is 35.9 Å². The Bertz CT molecular complexity index is 1540. The van der Waals surface area contributed by atoms with Gasteiger partial charge in [0.05, 0.1) is 23.3 Å². The van der Waals surface area contributed by atoms with Crippen LogP contribution in [-0.4, -0.2) is 118 Å². The van der Waals surface area contributed by atoms with E-state index in [1.54, 1.807) is 72.9 Å². The number of carbonyl (C=O) groups excluding carboxylic acids is 7. The summed E-state index contributed by atoms with van der Waals surface area (Å²) in [5, 5.41) is 10.9. The number of amides is 6. The lowest BCUT2D eigenvalue weighted by Gasteiger charge is -2.34. The number of hydrogen-bond acceptors (Lipinski definition) is 10. The second-order valence-electron chi connectivity index (χ2n) is 15.4. The summed E-state index contributed by atoms with van der Waals surface area (Å²) in [6, 6.07) is 4.64. The van der Waals surface area contributed by atoms with E-state index in [1.165, 1.54) is 4.90 Å². The second-order valence-corrected chi connectivity index (χ2v) is 18.9. The molecule has 1 aromatic rings. The standard InChI is InChI=1S/C39H58N6O8S2/c1-7-14-28(33(47)35(49)40-20-30(46)42-31(36(50)44(5)6)26-15-10-8-11-16-26)41-34(48)29-19-39(54-22-25(4)55-39)23-45(29)37(51)32(27-17-12-9-13-18-27)43-38(52)53-21-24(2)3/h8,10-11,15-16,24-25,27-29,31-32H,7,9,12-14,17-23H2,1-6H3,(H,40,49)(H,41,48)(H,42,46)(H,43,52). The molecule has 1 aromatic carbocycles. The van der Waals surface area contributed by atoms with Gasteiger partial charge in [-0.3, -0.25) is 28.8 Å². The Kier molecular flexibility index (Phi) is 16.3. The SMILES string of the molecule is CCCC(NC(=O)C1CC2(CN1C(=O)C(NC(=O)OCC(C)C)C1CCCCC1)SCC(C)S2)C(=O)C(=O)NCC(=O)NC(C(=O)N(C)C)c1ccccc1. The van der Waals surface area contributed by atoms with Gasteiger partial charge in [0.1, 0.15) is 18.1 Å². The van der Waals surface area contributed by atoms with Crippen molar-refractivity contribution in [3.8, 4) is 0 Å². The highest BCUT2D eigenvalue weighted by molar-refractivity contribution is 8.21. The Morgan fingerprint density at radius 3 is 2.27 bits per heavy atom. The lowest BCUT2D eigenvalue weighted by atomic mass is 9.83. The maximum absolute atomic E-state index is 14.6. The molecule has 304 valence electrons. The van der Waals surface area contributed by atoms with E-state index in [2.05, 4.69) is 28.2 Å². The van der Waals surface area contributed by atoms with E-state index in [1.807, 2.05) is 20.8 Å². The van der Waals surface area contributed by atoms with Gasteiger partial charge in [0.25, 0.3) is 5.91 Å². The lowest BCUT2D eigenvalue weighted by Crippen LogP contribution is -2.58. The number of benzene rings is 1. The van der Waals surface area contributed by atoms with E-state index in [-0.39, 0.29) is 43.2 Å². The summed E-state index contributed by atoms with van der Waals surface area (Å²) in [6.07, 6.45) is 4.72. The predicted octanol–water partition coefficient (Wildman–Crippen LogP) is 3.40. The van der Waals surface area contributed by atoms with Crippen LogP contribution in [0.15, 0.2) is 30.3 Å². The van der Waals surface area contributed by atoms with E-state index < -0.39 is 64.4 Å². The van der Waals surface area contributed by atoms with Crippen LogP contribution in [0.4, 0.5) is 4.79 Å². The molecule has 4 rings (SSSR count). The summed E-state index contributed by atoms with van der Waals surface area (Å²) in [6.45, 7) is 7.70. The molecule has 6 amide bonds. The molecule has 6 unspecified atom stereocenters. The lowest BCUT2D eigenvalue weighted by molar-refractivity contribution is -0.143. The van der Waals surface area contributed by atoms with Gasteiger partial charge in [0.2, 0.25) is 29.4 Å². The van der Waals surface area contributed by atoms with Crippen molar-refractivity contribution in [3.63, 3.8) is 0 Å². The number of carbonyl (C=O) groups is 7. The molecule has 14 nitrogen and oxygen atoms in total. The summed E-state index contributed by atoms with van der Waals surface area (Å²) in [5.74, 6) is -3.09. The fourth-order valence-corrected chi connectivity index (χ4v) is 11.0. The number of nitrogens with one attached hydrogen (secondary N) is 4. The van der Waals surface area contributed by atoms with Gasteiger partial charge < -0.3 is 35.8 Å². The number of thioether (sulfide) groups is 2. The zero-order valence-electron chi connectivity index (χ0n) is 32.9. The van der Waals surface area contributed by atoms with Gasteiger partial charge in [-0.1, -0.05) is 83.7 Å². The number of Topliss-reactive ketones (excluding diaryl/α,β-unsaturated/α-hetero) is 1. The van der Waals surface area contributed by atoms with Crippen molar-refractivity contribution >= 4 is 64.9 Å². The van der Waals surface area contributed by atoms with Crippen LogP contribution < -0.4 is 21.3 Å². The highest BCUT2D eigenvalue weighted by atomic mass is 32.2. The number of nitrogens with zero attached hydrogens (tertiary/aromatic N) is 2. The van der Waals surface area contributed by atoms with Crippen molar-refractivity contribution in [2.24, 2.45) is 11.8 Å². The second kappa shape index (κ2) is 20.4. The molecule has 3 fully saturated rings. The highest BCUT2D eigenvalue weighted by Crippen LogP contribution is 2.55. The summed E-state index contributed by atoms with van der Waals surface area (Å²) < 4.78 is 4.98. The van der Waals surface area contributed by atoms with Crippen LogP contribution >= 0.6 is 23.5 Å². The van der Waals surface area contributed by atoms with E-state index in [4.69, 9.17) is 4.74 Å². The monoisotopic (exact) mass is 802 g/mol. The molecule has 3 aliphatic rings. The Morgan fingerprint density at radius 1 is 0.982 bits per heavy atom. The average Bonchev–Trinajstić information content (AvgIpc) is 3.74. The molecule has 0 bridgehead atoms. The molecule has 55 heavy (non-hydrogen) atoms. The van der Waals surface area contributed by atoms with Gasteiger partial charge in [-0.25, -0.2) is 4.79 Å². The van der Waals surface area contributed by atoms with Gasteiger partial charge in [-0.2, -0.15) is 0 Å². The Hall–Kier alpha value is -3.79. The maximum Gasteiger partial charge on any atom is 0.407 e. The Labute approximate surface area is 333 Å². The fourth-order valence-electron chi connectivity index (χ4n) is 7.27. The van der Waals surface area contributed by atoms with Crippen LogP contribution in [0.3, 0.4) is 0 Å². The fraction of sp³-hybridized carbons (Fsp3) is 0.667. The van der Waals surface area contributed by atoms with Gasteiger partial charge in [-0.15, -0.1) is 23.5 Å². The first-order valence-electron chi connectivity index (χ1n) is 19.4. The van der Waals surface area contributed by atoms with Crippen molar-refractivity contribution in [2.45, 2.75) is 113 Å². The number of likely N-dealkylation sites (N-methyl/N-ethyl adjacent to an activating group) is 1. The van der Waals surface area contributed by atoms with E-state index in [9.17, 15) is 33.6 Å². The molecule has 6 atom stereocenters. The largest absolute Gasteiger partial charge is 0.449 e. The quantitative estimate of drug-likeness (QED) is 0.181. The summed E-state index contributed by atoms with van der Waals surface area (Å²) in [7, 11) is 3.13. The number of likely N-dealkylation sites (tertiary alicyclic amines) is 1. The van der Waals surface area contributed by atoms with Gasteiger partial charge in [-0.05, 0) is 36.7 Å². The summed E-state index contributed by atoms with van der Waals surface area (Å²) >= 11 is 3.45. The summed E-state index contributed by atoms with van der Waals surface area (Å²) in [5.41, 5.74) is 0.555. The average molecular weight is 803 g/mol.